The van der Waals surface area contributed by atoms with Crippen LogP contribution >= 0.6 is 0 Å². The van der Waals surface area contributed by atoms with Gasteiger partial charge in [0, 0.05) is 0 Å². The molecular formula is C14H29NO. The summed E-state index contributed by atoms with van der Waals surface area (Å²) in [5.41, 5.74) is 5.32. The smallest absolute Gasteiger partial charge is 0.0690 e. The van der Waals surface area contributed by atoms with E-state index in [-0.39, 0.29) is 0 Å². The van der Waals surface area contributed by atoms with Crippen LogP contribution in [0, 0.1) is 17.8 Å². The lowest BCUT2D eigenvalue weighted by Crippen LogP contribution is -2.45. The standard InChI is InChI=1S/C14H29NO/c1-4-13(10-15)14(16)7-5-6-12(9-14)8-11(2)3/h11-13,16H,4-10,15H2,1-3H3. The molecule has 0 bridgehead atoms. The summed E-state index contributed by atoms with van der Waals surface area (Å²) in [7, 11) is 0. The van der Waals surface area contributed by atoms with Crippen molar-refractivity contribution < 1.29 is 5.11 Å². The van der Waals surface area contributed by atoms with Crippen LogP contribution in [0.1, 0.15) is 59.3 Å². The molecule has 3 unspecified atom stereocenters. The molecule has 0 aliphatic heterocycles. The zero-order valence-electron chi connectivity index (χ0n) is 11.2. The normalized spacial score (nSPS) is 33.0. The number of hydrogen-bond acceptors (Lipinski definition) is 2. The SMILES string of the molecule is CCC(CN)C1(O)CCCC(CC(C)C)C1. The summed E-state index contributed by atoms with van der Waals surface area (Å²) in [5.74, 6) is 1.74. The minimum absolute atomic E-state index is 0.294. The first-order valence-electron chi connectivity index (χ1n) is 6.94. The Bertz CT molecular complexity index is 201. The lowest BCUT2D eigenvalue weighted by molar-refractivity contribution is -0.0658. The molecule has 1 rings (SSSR count). The van der Waals surface area contributed by atoms with Gasteiger partial charge in [0.1, 0.15) is 0 Å². The highest BCUT2D eigenvalue weighted by molar-refractivity contribution is 4.92. The molecule has 1 saturated carbocycles. The Morgan fingerprint density at radius 1 is 1.44 bits per heavy atom. The van der Waals surface area contributed by atoms with Crippen molar-refractivity contribution in [1.29, 1.82) is 0 Å². The molecule has 0 heterocycles. The quantitative estimate of drug-likeness (QED) is 0.758. The van der Waals surface area contributed by atoms with E-state index in [1.165, 1.54) is 19.3 Å². The summed E-state index contributed by atoms with van der Waals surface area (Å²) < 4.78 is 0. The van der Waals surface area contributed by atoms with Crippen molar-refractivity contribution in [2.24, 2.45) is 23.5 Å². The first kappa shape index (κ1) is 14.0. The van der Waals surface area contributed by atoms with Gasteiger partial charge in [-0.15, -0.1) is 0 Å². The molecule has 0 aromatic heterocycles. The molecular weight excluding hydrogens is 198 g/mol. The van der Waals surface area contributed by atoms with Crippen molar-refractivity contribution in [1.82, 2.24) is 0 Å². The van der Waals surface area contributed by atoms with Crippen LogP contribution in [0.5, 0.6) is 0 Å². The topological polar surface area (TPSA) is 46.2 Å². The fourth-order valence-corrected chi connectivity index (χ4v) is 3.41. The van der Waals surface area contributed by atoms with E-state index in [0.29, 0.717) is 18.4 Å². The molecule has 16 heavy (non-hydrogen) atoms. The van der Waals surface area contributed by atoms with Gasteiger partial charge in [-0.3, -0.25) is 0 Å². The van der Waals surface area contributed by atoms with E-state index in [0.717, 1.165) is 25.2 Å². The van der Waals surface area contributed by atoms with E-state index in [2.05, 4.69) is 20.8 Å². The highest BCUT2D eigenvalue weighted by atomic mass is 16.3. The maximum absolute atomic E-state index is 10.7. The van der Waals surface area contributed by atoms with Gasteiger partial charge in [-0.05, 0) is 50.0 Å². The van der Waals surface area contributed by atoms with Crippen molar-refractivity contribution >= 4 is 0 Å². The zero-order chi connectivity index (χ0) is 12.2. The van der Waals surface area contributed by atoms with E-state index >= 15 is 0 Å². The summed E-state index contributed by atoms with van der Waals surface area (Å²) in [6, 6.07) is 0. The van der Waals surface area contributed by atoms with Crippen LogP contribution in [-0.4, -0.2) is 17.3 Å². The van der Waals surface area contributed by atoms with Gasteiger partial charge in [0.05, 0.1) is 5.60 Å². The lowest BCUT2D eigenvalue weighted by atomic mass is 9.69. The van der Waals surface area contributed by atoms with E-state index < -0.39 is 5.60 Å². The van der Waals surface area contributed by atoms with Gasteiger partial charge in [-0.2, -0.15) is 0 Å². The summed E-state index contributed by atoms with van der Waals surface area (Å²) in [6.45, 7) is 7.31. The summed E-state index contributed by atoms with van der Waals surface area (Å²) in [4.78, 5) is 0. The molecule has 0 saturated heterocycles. The molecule has 2 heteroatoms. The van der Waals surface area contributed by atoms with Gasteiger partial charge in [0.15, 0.2) is 0 Å². The monoisotopic (exact) mass is 227 g/mol. The maximum atomic E-state index is 10.7. The third kappa shape index (κ3) is 3.46. The molecule has 1 fully saturated rings. The van der Waals surface area contributed by atoms with Crippen molar-refractivity contribution in [3.8, 4) is 0 Å². The van der Waals surface area contributed by atoms with Crippen LogP contribution in [0.2, 0.25) is 0 Å². The molecule has 0 aromatic rings. The number of rotatable bonds is 5. The minimum atomic E-state index is -0.471. The van der Waals surface area contributed by atoms with E-state index in [4.69, 9.17) is 5.73 Å². The maximum Gasteiger partial charge on any atom is 0.0690 e. The number of nitrogens with two attached hydrogens (primary N) is 1. The van der Waals surface area contributed by atoms with Gasteiger partial charge in [-0.1, -0.05) is 33.6 Å². The number of hydrogen-bond donors (Lipinski definition) is 2. The van der Waals surface area contributed by atoms with Gasteiger partial charge >= 0.3 is 0 Å². The molecule has 1 aliphatic rings. The number of aliphatic hydroxyl groups is 1. The van der Waals surface area contributed by atoms with Gasteiger partial charge in [0.2, 0.25) is 0 Å². The van der Waals surface area contributed by atoms with Crippen LogP contribution in [0.25, 0.3) is 0 Å². The fourth-order valence-electron chi connectivity index (χ4n) is 3.41. The van der Waals surface area contributed by atoms with Crippen LogP contribution in [0.15, 0.2) is 0 Å². The molecule has 96 valence electrons. The molecule has 0 spiro atoms. The van der Waals surface area contributed by atoms with Gasteiger partial charge in [-0.25, -0.2) is 0 Å². The second-order valence-electron chi connectivity index (χ2n) is 6.04. The van der Waals surface area contributed by atoms with Gasteiger partial charge < -0.3 is 10.8 Å². The zero-order valence-corrected chi connectivity index (χ0v) is 11.2. The first-order chi connectivity index (χ1) is 7.51. The summed E-state index contributed by atoms with van der Waals surface area (Å²) in [6.07, 6.45) is 6.65. The van der Waals surface area contributed by atoms with Crippen LogP contribution in [-0.2, 0) is 0 Å². The van der Waals surface area contributed by atoms with Crippen LogP contribution < -0.4 is 5.73 Å². The van der Waals surface area contributed by atoms with Crippen molar-refractivity contribution in [2.75, 3.05) is 6.54 Å². The van der Waals surface area contributed by atoms with Crippen LogP contribution in [0.4, 0.5) is 0 Å². The second-order valence-corrected chi connectivity index (χ2v) is 6.04. The highest BCUT2D eigenvalue weighted by Gasteiger charge is 2.39. The predicted molar refractivity (Wildman–Crippen MR) is 69.2 cm³/mol. The van der Waals surface area contributed by atoms with E-state index in [1.54, 1.807) is 0 Å². The molecule has 0 amide bonds. The van der Waals surface area contributed by atoms with E-state index in [1.807, 2.05) is 0 Å². The third-order valence-electron chi connectivity index (χ3n) is 4.21. The molecule has 2 nitrogen and oxygen atoms in total. The van der Waals surface area contributed by atoms with Crippen molar-refractivity contribution in [2.45, 2.75) is 64.9 Å². The summed E-state index contributed by atoms with van der Waals surface area (Å²) >= 11 is 0. The Balaban J connectivity index is 2.59. The molecule has 1 aliphatic carbocycles. The highest BCUT2D eigenvalue weighted by Crippen LogP contribution is 2.40. The molecule has 0 aromatic carbocycles. The second kappa shape index (κ2) is 6.02. The average molecular weight is 227 g/mol. The van der Waals surface area contributed by atoms with Crippen LogP contribution in [0.3, 0.4) is 0 Å². The predicted octanol–water partition coefficient (Wildman–Crippen LogP) is 2.94. The lowest BCUT2D eigenvalue weighted by Gasteiger charge is -2.42. The molecule has 3 N–H and O–H groups in total. The molecule has 0 radical (unpaired) electrons. The molecule has 3 atom stereocenters. The first-order valence-corrected chi connectivity index (χ1v) is 6.94. The Kier molecular flexibility index (Phi) is 5.26. The Morgan fingerprint density at radius 3 is 2.62 bits per heavy atom. The average Bonchev–Trinajstić information content (AvgIpc) is 2.17. The van der Waals surface area contributed by atoms with Gasteiger partial charge in [0.25, 0.3) is 0 Å². The Morgan fingerprint density at radius 2 is 2.12 bits per heavy atom. The Labute approximate surface area is 101 Å². The Hall–Kier alpha value is -0.0800. The van der Waals surface area contributed by atoms with E-state index in [9.17, 15) is 5.11 Å². The van der Waals surface area contributed by atoms with Crippen molar-refractivity contribution in [3.05, 3.63) is 0 Å². The third-order valence-corrected chi connectivity index (χ3v) is 4.21. The van der Waals surface area contributed by atoms with Crippen molar-refractivity contribution in [3.63, 3.8) is 0 Å². The fraction of sp³-hybridized carbons (Fsp3) is 1.00. The summed E-state index contributed by atoms with van der Waals surface area (Å²) in [5, 5.41) is 10.7. The minimum Gasteiger partial charge on any atom is -0.390 e. The largest absolute Gasteiger partial charge is 0.390 e.